The molecule has 3 atom stereocenters. The summed E-state index contributed by atoms with van der Waals surface area (Å²) < 4.78 is 24.3. The second-order valence-electron chi connectivity index (χ2n) is 12.9. The van der Waals surface area contributed by atoms with Gasteiger partial charge in [-0.2, -0.15) is 0 Å². The van der Waals surface area contributed by atoms with Crippen molar-refractivity contribution in [3.63, 3.8) is 0 Å². The topological polar surface area (TPSA) is 130 Å². The smallest absolute Gasteiger partial charge is 0.416 e. The van der Waals surface area contributed by atoms with Gasteiger partial charge in [-0.15, -0.1) is 0 Å². The van der Waals surface area contributed by atoms with Gasteiger partial charge < -0.3 is 19.5 Å². The number of nitrogens with zero attached hydrogens (tertiary/aromatic N) is 4. The molecular formula is C35H39FN4O7. The minimum absolute atomic E-state index is 0.0258. The van der Waals surface area contributed by atoms with E-state index in [-0.39, 0.29) is 30.5 Å². The Morgan fingerprint density at radius 2 is 1.74 bits per heavy atom. The fraction of sp³-hybridized carbons (Fsp3) is 0.400. The maximum atomic E-state index is 13.5. The molecule has 12 heteroatoms. The number of methoxy groups -OCH3 is 1. The summed E-state index contributed by atoms with van der Waals surface area (Å²) in [6.07, 6.45) is 2.34. The van der Waals surface area contributed by atoms with Crippen LogP contribution in [0.2, 0.25) is 0 Å². The van der Waals surface area contributed by atoms with Gasteiger partial charge in [0.1, 0.15) is 23.0 Å². The number of carboxylic acids is 1. The molecule has 2 fully saturated rings. The van der Waals surface area contributed by atoms with Crippen LogP contribution < -0.4 is 9.64 Å². The number of anilines is 1. The molecule has 1 unspecified atom stereocenters. The highest BCUT2D eigenvalue weighted by Crippen LogP contribution is 2.35. The van der Waals surface area contributed by atoms with Crippen molar-refractivity contribution in [2.75, 3.05) is 25.1 Å². The maximum Gasteiger partial charge on any atom is 0.416 e. The Hall–Kier alpha value is -5.00. The number of halogens is 1. The fourth-order valence-electron chi connectivity index (χ4n) is 6.01. The Kier molecular flexibility index (Phi) is 9.78. The van der Waals surface area contributed by atoms with E-state index in [2.05, 4.69) is 4.98 Å². The molecule has 0 bridgehead atoms. The molecule has 0 spiro atoms. The van der Waals surface area contributed by atoms with Gasteiger partial charge in [0.25, 0.3) is 0 Å². The standard InChI is InChI=1S/C35H39FN4O7/c1-35(2,3)47-34(45)39(20-22-7-13-27(46-4)14-8-22)29-19-23(15-16-37-29)18-28-30(32(42)43)40(31(28)41)33(44)38-17-5-6-25(21-38)24-9-11-26(36)12-10-24/h7-16,19,25,28,30H,5-6,17-18,20-21H2,1-4H3,(H,42,43)/t25?,28-,30+/m1/s1. The lowest BCUT2D eigenvalue weighted by Gasteiger charge is -2.46. The Morgan fingerprint density at radius 3 is 2.38 bits per heavy atom. The first kappa shape index (κ1) is 33.4. The number of pyridine rings is 1. The van der Waals surface area contributed by atoms with Gasteiger partial charge in [0.15, 0.2) is 6.04 Å². The molecule has 2 aromatic carbocycles. The fourth-order valence-corrected chi connectivity index (χ4v) is 6.01. The predicted molar refractivity (Wildman–Crippen MR) is 170 cm³/mol. The van der Waals surface area contributed by atoms with E-state index in [1.165, 1.54) is 28.1 Å². The molecule has 1 N–H and O–H groups in total. The van der Waals surface area contributed by atoms with Gasteiger partial charge in [0.2, 0.25) is 5.91 Å². The van der Waals surface area contributed by atoms with E-state index in [9.17, 15) is 28.7 Å². The van der Waals surface area contributed by atoms with Crippen molar-refractivity contribution in [2.45, 2.75) is 64.1 Å². The summed E-state index contributed by atoms with van der Waals surface area (Å²) in [4.78, 5) is 60.7. The summed E-state index contributed by atoms with van der Waals surface area (Å²) in [5, 5.41) is 10.1. The van der Waals surface area contributed by atoms with Gasteiger partial charge >= 0.3 is 18.1 Å². The van der Waals surface area contributed by atoms with Crippen molar-refractivity contribution in [2.24, 2.45) is 5.92 Å². The third-order valence-corrected chi connectivity index (χ3v) is 8.36. The molecule has 47 heavy (non-hydrogen) atoms. The number of aliphatic carboxylic acids is 1. The number of carbonyl (C=O) groups excluding carboxylic acids is 3. The Morgan fingerprint density at radius 1 is 1.04 bits per heavy atom. The number of carbonyl (C=O) groups is 4. The van der Waals surface area contributed by atoms with Crippen LogP contribution in [0.5, 0.6) is 5.75 Å². The number of β-lactam (4-membered cyclic amide) rings is 1. The number of urea groups is 1. The highest BCUT2D eigenvalue weighted by Gasteiger charge is 2.55. The number of likely N-dealkylation sites (tertiary alicyclic amines) is 2. The Labute approximate surface area is 272 Å². The number of rotatable bonds is 8. The van der Waals surface area contributed by atoms with E-state index in [1.54, 1.807) is 64.3 Å². The van der Waals surface area contributed by atoms with E-state index >= 15 is 0 Å². The van der Waals surface area contributed by atoms with E-state index in [4.69, 9.17) is 9.47 Å². The molecule has 3 heterocycles. The van der Waals surface area contributed by atoms with Crippen LogP contribution >= 0.6 is 0 Å². The van der Waals surface area contributed by atoms with Crippen molar-refractivity contribution < 1.29 is 38.1 Å². The van der Waals surface area contributed by atoms with Gasteiger partial charge in [-0.25, -0.2) is 28.7 Å². The summed E-state index contributed by atoms with van der Waals surface area (Å²) >= 11 is 0. The number of aromatic nitrogens is 1. The summed E-state index contributed by atoms with van der Waals surface area (Å²) in [6.45, 7) is 6.09. The molecule has 5 rings (SSSR count). The molecule has 2 aliphatic heterocycles. The Balaban J connectivity index is 1.32. The van der Waals surface area contributed by atoms with Crippen molar-refractivity contribution in [1.82, 2.24) is 14.8 Å². The second-order valence-corrected chi connectivity index (χ2v) is 12.9. The first-order valence-corrected chi connectivity index (χ1v) is 15.5. The van der Waals surface area contributed by atoms with Crippen LogP contribution in [0.3, 0.4) is 0 Å². The summed E-state index contributed by atoms with van der Waals surface area (Å²) in [7, 11) is 1.56. The molecule has 2 saturated heterocycles. The largest absolute Gasteiger partial charge is 0.497 e. The minimum atomic E-state index is -1.35. The lowest BCUT2D eigenvalue weighted by Crippen LogP contribution is -2.69. The SMILES string of the molecule is COc1ccc(CN(C(=O)OC(C)(C)C)c2cc(C[C@H]3C(=O)N(C(=O)N4CCCC(c5ccc(F)cc5)C4)[C@@H]3C(=O)O)ccn2)cc1. The van der Waals surface area contributed by atoms with Crippen LogP contribution in [0, 0.1) is 11.7 Å². The highest BCUT2D eigenvalue weighted by atomic mass is 19.1. The zero-order valence-electron chi connectivity index (χ0n) is 26.9. The monoisotopic (exact) mass is 646 g/mol. The van der Waals surface area contributed by atoms with Crippen LogP contribution in [0.4, 0.5) is 19.8 Å². The van der Waals surface area contributed by atoms with Gasteiger partial charge in [-0.3, -0.25) is 9.69 Å². The molecule has 1 aromatic heterocycles. The van der Waals surface area contributed by atoms with Crippen molar-refractivity contribution in [3.05, 3.63) is 89.4 Å². The summed E-state index contributed by atoms with van der Waals surface area (Å²) in [5.41, 5.74) is 1.47. The molecule has 2 aliphatic rings. The zero-order chi connectivity index (χ0) is 33.9. The highest BCUT2D eigenvalue weighted by molar-refractivity contribution is 6.07. The number of amides is 4. The number of imide groups is 1. The molecule has 3 aromatic rings. The maximum absolute atomic E-state index is 13.5. The van der Waals surface area contributed by atoms with Crippen LogP contribution in [0.25, 0.3) is 0 Å². The summed E-state index contributed by atoms with van der Waals surface area (Å²) in [5.74, 6) is -2.32. The zero-order valence-corrected chi connectivity index (χ0v) is 26.9. The first-order valence-electron chi connectivity index (χ1n) is 15.5. The molecule has 248 valence electrons. The van der Waals surface area contributed by atoms with Gasteiger partial charge in [0, 0.05) is 25.2 Å². The normalized spacial score (nSPS) is 19.5. The number of ether oxygens (including phenoxy) is 2. The average molecular weight is 647 g/mol. The second kappa shape index (κ2) is 13.8. The van der Waals surface area contributed by atoms with Gasteiger partial charge in [-0.1, -0.05) is 24.3 Å². The van der Waals surface area contributed by atoms with Crippen molar-refractivity contribution >= 4 is 29.8 Å². The molecule has 0 aliphatic carbocycles. The molecular weight excluding hydrogens is 607 g/mol. The van der Waals surface area contributed by atoms with E-state index in [1.807, 2.05) is 12.1 Å². The lowest BCUT2D eigenvalue weighted by molar-refractivity contribution is -0.166. The van der Waals surface area contributed by atoms with Crippen LogP contribution in [-0.4, -0.2) is 75.7 Å². The van der Waals surface area contributed by atoms with E-state index < -0.39 is 41.6 Å². The summed E-state index contributed by atoms with van der Waals surface area (Å²) in [6, 6.07) is 14.6. The van der Waals surface area contributed by atoms with Crippen LogP contribution in [0.15, 0.2) is 66.9 Å². The number of hydrogen-bond acceptors (Lipinski definition) is 7. The van der Waals surface area contributed by atoms with Gasteiger partial charge in [-0.05, 0) is 93.1 Å². The third-order valence-electron chi connectivity index (χ3n) is 8.36. The molecule has 11 nitrogen and oxygen atoms in total. The van der Waals surface area contributed by atoms with E-state index in [0.717, 1.165) is 22.4 Å². The quantitative estimate of drug-likeness (QED) is 0.312. The number of benzene rings is 2. The molecule has 4 amide bonds. The predicted octanol–water partition coefficient (Wildman–Crippen LogP) is 5.62. The number of piperidine rings is 1. The van der Waals surface area contributed by atoms with Crippen LogP contribution in [-0.2, 0) is 27.3 Å². The minimum Gasteiger partial charge on any atom is -0.497 e. The number of hydrogen-bond donors (Lipinski definition) is 1. The van der Waals surface area contributed by atoms with E-state index in [0.29, 0.717) is 30.8 Å². The molecule has 0 saturated carbocycles. The third kappa shape index (κ3) is 7.70. The molecule has 0 radical (unpaired) electrons. The van der Waals surface area contributed by atoms with Gasteiger partial charge in [0.05, 0.1) is 19.6 Å². The lowest BCUT2D eigenvalue weighted by atomic mass is 9.82. The van der Waals surface area contributed by atoms with Crippen molar-refractivity contribution in [1.29, 1.82) is 0 Å². The number of carboxylic acid groups (broad SMARTS) is 1. The first-order chi connectivity index (χ1) is 22.3. The van der Waals surface area contributed by atoms with Crippen LogP contribution in [0.1, 0.15) is 56.2 Å². The van der Waals surface area contributed by atoms with Crippen molar-refractivity contribution in [3.8, 4) is 5.75 Å². The Bertz CT molecular complexity index is 1620. The average Bonchev–Trinajstić information content (AvgIpc) is 3.04.